The lowest BCUT2D eigenvalue weighted by Crippen LogP contribution is -2.51. The lowest BCUT2D eigenvalue weighted by Gasteiger charge is -2.38. The van der Waals surface area contributed by atoms with E-state index in [-0.39, 0.29) is 12.4 Å². The molecule has 3 atom stereocenters. The van der Waals surface area contributed by atoms with Gasteiger partial charge in [0.1, 0.15) is 0 Å². The minimum Gasteiger partial charge on any atom is -0.339 e. The minimum atomic E-state index is 0. The van der Waals surface area contributed by atoms with Gasteiger partial charge in [-0.15, -0.1) is 12.4 Å². The van der Waals surface area contributed by atoms with Crippen molar-refractivity contribution in [2.75, 3.05) is 32.7 Å². The summed E-state index contributed by atoms with van der Waals surface area (Å²) in [6.07, 6.45) is 6.15. The number of rotatable bonds is 2. The number of nitrogens with one attached hydrogen (secondary N) is 1. The summed E-state index contributed by atoms with van der Waals surface area (Å²) >= 11 is 0. The zero-order valence-electron chi connectivity index (χ0n) is 12.5. The smallest absolute Gasteiger partial charge is 0.236 e. The lowest BCUT2D eigenvalue weighted by molar-refractivity contribution is -0.136. The molecule has 1 N–H and O–H groups in total. The molecule has 0 bridgehead atoms. The average Bonchev–Trinajstić information content (AvgIpc) is 2.86. The van der Waals surface area contributed by atoms with E-state index in [0.29, 0.717) is 18.5 Å². The fourth-order valence-corrected chi connectivity index (χ4v) is 4.02. The lowest BCUT2D eigenvalue weighted by atomic mass is 9.93. The molecule has 3 heterocycles. The van der Waals surface area contributed by atoms with Crippen LogP contribution in [0.4, 0.5) is 0 Å². The molecule has 0 aromatic rings. The monoisotopic (exact) mass is 301 g/mol. The largest absolute Gasteiger partial charge is 0.339 e. The van der Waals surface area contributed by atoms with Crippen LogP contribution < -0.4 is 5.32 Å². The molecule has 3 saturated heterocycles. The molecule has 3 aliphatic heterocycles. The van der Waals surface area contributed by atoms with Crippen LogP contribution in [0.5, 0.6) is 0 Å². The Bertz CT molecular complexity index is 339. The van der Waals surface area contributed by atoms with Gasteiger partial charge in [-0.3, -0.25) is 9.69 Å². The molecule has 0 spiro atoms. The van der Waals surface area contributed by atoms with E-state index in [1.807, 2.05) is 0 Å². The Morgan fingerprint density at radius 1 is 1.20 bits per heavy atom. The number of piperidine rings is 2. The van der Waals surface area contributed by atoms with Gasteiger partial charge in [-0.2, -0.15) is 0 Å². The van der Waals surface area contributed by atoms with Crippen LogP contribution in [-0.2, 0) is 4.79 Å². The van der Waals surface area contributed by atoms with Crippen molar-refractivity contribution in [3.05, 3.63) is 0 Å². The molecule has 1 amide bonds. The van der Waals surface area contributed by atoms with Gasteiger partial charge >= 0.3 is 0 Å². The first-order chi connectivity index (χ1) is 9.24. The van der Waals surface area contributed by atoms with Gasteiger partial charge in [0.2, 0.25) is 5.91 Å². The maximum absolute atomic E-state index is 12.4. The molecule has 0 aromatic heterocycles. The molecule has 0 radical (unpaired) electrons. The Morgan fingerprint density at radius 3 is 2.85 bits per heavy atom. The van der Waals surface area contributed by atoms with Gasteiger partial charge in [-0.25, -0.2) is 0 Å². The summed E-state index contributed by atoms with van der Waals surface area (Å²) in [6.45, 7) is 7.19. The first-order valence-electron chi connectivity index (χ1n) is 7.99. The molecule has 116 valence electrons. The predicted octanol–water partition coefficient (Wildman–Crippen LogP) is 1.49. The third kappa shape index (κ3) is 3.46. The van der Waals surface area contributed by atoms with Crippen LogP contribution in [0, 0.1) is 5.92 Å². The van der Waals surface area contributed by atoms with E-state index in [1.165, 1.54) is 38.6 Å². The van der Waals surface area contributed by atoms with Crippen molar-refractivity contribution < 1.29 is 4.79 Å². The van der Waals surface area contributed by atoms with Gasteiger partial charge < -0.3 is 10.2 Å². The molecule has 5 heteroatoms. The second-order valence-electron chi connectivity index (χ2n) is 6.57. The van der Waals surface area contributed by atoms with Gasteiger partial charge in [-0.05, 0) is 51.5 Å². The van der Waals surface area contributed by atoms with E-state index < -0.39 is 0 Å². The zero-order valence-corrected chi connectivity index (χ0v) is 13.3. The van der Waals surface area contributed by atoms with Crippen molar-refractivity contribution >= 4 is 18.3 Å². The quantitative estimate of drug-likeness (QED) is 0.839. The standard InChI is InChI=1S/C15H27N3O.ClH/c1-12-4-2-3-8-18(12)15(19)11-17-9-6-14-13(10-17)5-7-16-14;/h12-14,16H,2-11H2,1H3;1H. The summed E-state index contributed by atoms with van der Waals surface area (Å²) in [5.41, 5.74) is 0. The first kappa shape index (κ1) is 16.1. The van der Waals surface area contributed by atoms with Crippen molar-refractivity contribution in [2.45, 2.75) is 51.1 Å². The minimum absolute atomic E-state index is 0. The molecule has 0 saturated carbocycles. The molecular weight excluding hydrogens is 274 g/mol. The Hall–Kier alpha value is -0.320. The Morgan fingerprint density at radius 2 is 2.05 bits per heavy atom. The fraction of sp³-hybridized carbons (Fsp3) is 0.933. The molecule has 4 nitrogen and oxygen atoms in total. The maximum Gasteiger partial charge on any atom is 0.236 e. The van der Waals surface area contributed by atoms with Crippen LogP contribution in [0.2, 0.25) is 0 Å². The van der Waals surface area contributed by atoms with Gasteiger partial charge in [-0.1, -0.05) is 0 Å². The molecule has 0 aliphatic carbocycles. The molecule has 0 aromatic carbocycles. The second-order valence-corrected chi connectivity index (χ2v) is 6.57. The van der Waals surface area contributed by atoms with Gasteiger partial charge in [0.05, 0.1) is 6.54 Å². The molecule has 3 fully saturated rings. The third-order valence-electron chi connectivity index (χ3n) is 5.22. The van der Waals surface area contributed by atoms with E-state index in [9.17, 15) is 4.79 Å². The number of fused-ring (bicyclic) bond motifs is 1. The van der Waals surface area contributed by atoms with E-state index in [4.69, 9.17) is 0 Å². The number of carbonyl (C=O) groups excluding carboxylic acids is 1. The van der Waals surface area contributed by atoms with Crippen molar-refractivity contribution in [3.8, 4) is 0 Å². The summed E-state index contributed by atoms with van der Waals surface area (Å²) in [5, 5.41) is 3.58. The topological polar surface area (TPSA) is 35.6 Å². The van der Waals surface area contributed by atoms with Gasteiger partial charge in [0, 0.05) is 31.7 Å². The van der Waals surface area contributed by atoms with Gasteiger partial charge in [0.25, 0.3) is 0 Å². The number of likely N-dealkylation sites (tertiary alicyclic amines) is 2. The summed E-state index contributed by atoms with van der Waals surface area (Å²) in [7, 11) is 0. The number of amides is 1. The highest BCUT2D eigenvalue weighted by molar-refractivity contribution is 5.85. The SMILES string of the molecule is CC1CCCCN1C(=O)CN1CCC2NCCC2C1.Cl. The van der Waals surface area contributed by atoms with Crippen molar-refractivity contribution in [2.24, 2.45) is 5.92 Å². The summed E-state index contributed by atoms with van der Waals surface area (Å²) < 4.78 is 0. The Balaban J connectivity index is 0.00000147. The van der Waals surface area contributed by atoms with Crippen molar-refractivity contribution in [1.82, 2.24) is 15.1 Å². The fourth-order valence-electron chi connectivity index (χ4n) is 4.02. The highest BCUT2D eigenvalue weighted by Crippen LogP contribution is 2.25. The van der Waals surface area contributed by atoms with E-state index in [0.717, 1.165) is 31.6 Å². The van der Waals surface area contributed by atoms with Crippen LogP contribution >= 0.6 is 12.4 Å². The van der Waals surface area contributed by atoms with E-state index in [2.05, 4.69) is 22.0 Å². The Kier molecular flexibility index (Phi) is 5.70. The maximum atomic E-state index is 12.4. The normalized spacial score (nSPS) is 34.5. The Labute approximate surface area is 128 Å². The highest BCUT2D eigenvalue weighted by Gasteiger charge is 2.34. The van der Waals surface area contributed by atoms with Crippen molar-refractivity contribution in [1.29, 1.82) is 0 Å². The molecule has 3 aliphatic rings. The predicted molar refractivity (Wildman–Crippen MR) is 83.2 cm³/mol. The number of hydrogen-bond acceptors (Lipinski definition) is 3. The first-order valence-corrected chi connectivity index (χ1v) is 7.99. The summed E-state index contributed by atoms with van der Waals surface area (Å²) in [6, 6.07) is 1.17. The number of carbonyl (C=O) groups is 1. The van der Waals surface area contributed by atoms with Crippen LogP contribution in [0.25, 0.3) is 0 Å². The van der Waals surface area contributed by atoms with Crippen molar-refractivity contribution in [3.63, 3.8) is 0 Å². The van der Waals surface area contributed by atoms with Gasteiger partial charge in [0.15, 0.2) is 0 Å². The highest BCUT2D eigenvalue weighted by atomic mass is 35.5. The van der Waals surface area contributed by atoms with Crippen LogP contribution in [0.1, 0.15) is 39.0 Å². The number of halogens is 1. The van der Waals surface area contributed by atoms with E-state index in [1.54, 1.807) is 0 Å². The van der Waals surface area contributed by atoms with Crippen LogP contribution in [-0.4, -0.2) is 60.5 Å². The summed E-state index contributed by atoms with van der Waals surface area (Å²) in [4.78, 5) is 16.9. The number of hydrogen-bond donors (Lipinski definition) is 1. The zero-order chi connectivity index (χ0) is 13.2. The average molecular weight is 302 g/mol. The van der Waals surface area contributed by atoms with E-state index >= 15 is 0 Å². The van der Waals surface area contributed by atoms with Crippen LogP contribution in [0.15, 0.2) is 0 Å². The van der Waals surface area contributed by atoms with Crippen LogP contribution in [0.3, 0.4) is 0 Å². The molecule has 3 rings (SSSR count). The number of nitrogens with zero attached hydrogens (tertiary/aromatic N) is 2. The molecule has 20 heavy (non-hydrogen) atoms. The molecular formula is C15H28ClN3O. The third-order valence-corrected chi connectivity index (χ3v) is 5.22. The molecule has 3 unspecified atom stereocenters. The summed E-state index contributed by atoms with van der Waals surface area (Å²) in [5.74, 6) is 1.14. The second kappa shape index (κ2) is 7.10.